The second kappa shape index (κ2) is 8.87. The fraction of sp³-hybridized carbons (Fsp3) is 0.500. The van der Waals surface area contributed by atoms with Crippen molar-refractivity contribution in [3.05, 3.63) is 24.3 Å². The Balaban J connectivity index is 1.82. The van der Waals surface area contributed by atoms with E-state index in [4.69, 9.17) is 9.47 Å². The molecule has 0 aliphatic carbocycles. The van der Waals surface area contributed by atoms with Crippen LogP contribution in [-0.4, -0.2) is 50.8 Å². The van der Waals surface area contributed by atoms with Crippen molar-refractivity contribution in [3.8, 4) is 11.5 Å². The summed E-state index contributed by atoms with van der Waals surface area (Å²) in [4.78, 5) is 15.3. The van der Waals surface area contributed by atoms with Gasteiger partial charge >= 0.3 is 0 Å². The second-order valence-corrected chi connectivity index (χ2v) is 5.13. The summed E-state index contributed by atoms with van der Waals surface area (Å²) in [5.74, 6) is 2.18. The van der Waals surface area contributed by atoms with Crippen molar-refractivity contribution in [2.24, 2.45) is 4.99 Å². The third-order valence-electron chi connectivity index (χ3n) is 3.16. The predicted octanol–water partition coefficient (Wildman–Crippen LogP) is 0.518. The van der Waals surface area contributed by atoms with E-state index in [0.29, 0.717) is 32.2 Å². The smallest absolute Gasteiger partial charge is 0.216 e. The number of ether oxygens (including phenoxy) is 2. The number of nitrogens with one attached hydrogen (secondary N) is 3. The minimum atomic E-state index is -0.115. The molecule has 126 valence electrons. The normalized spacial score (nSPS) is 16.6. The Labute approximate surface area is 136 Å². The molecule has 0 spiro atoms. The van der Waals surface area contributed by atoms with Gasteiger partial charge in [0.25, 0.3) is 0 Å². The highest BCUT2D eigenvalue weighted by Crippen LogP contribution is 2.30. The van der Waals surface area contributed by atoms with E-state index in [1.807, 2.05) is 31.2 Å². The molecule has 7 heteroatoms. The third kappa shape index (κ3) is 5.69. The van der Waals surface area contributed by atoms with Gasteiger partial charge in [-0.3, -0.25) is 4.79 Å². The minimum absolute atomic E-state index is 0.0415. The van der Waals surface area contributed by atoms with Crippen LogP contribution in [0.5, 0.6) is 11.5 Å². The molecule has 1 aliphatic rings. The maximum absolute atomic E-state index is 10.8. The summed E-state index contributed by atoms with van der Waals surface area (Å²) < 4.78 is 11.5. The number of rotatable bonds is 6. The zero-order valence-corrected chi connectivity index (χ0v) is 13.6. The summed E-state index contributed by atoms with van der Waals surface area (Å²) in [5.41, 5.74) is 0. The quantitative estimate of drug-likeness (QED) is 0.404. The number of fused-ring (bicyclic) bond motifs is 1. The fourth-order valence-corrected chi connectivity index (χ4v) is 2.11. The molecule has 0 saturated carbocycles. The maximum Gasteiger partial charge on any atom is 0.216 e. The molecule has 1 unspecified atom stereocenters. The first-order valence-corrected chi connectivity index (χ1v) is 7.84. The van der Waals surface area contributed by atoms with E-state index < -0.39 is 0 Å². The van der Waals surface area contributed by atoms with Crippen LogP contribution < -0.4 is 25.4 Å². The van der Waals surface area contributed by atoms with Crippen molar-refractivity contribution >= 4 is 11.9 Å². The Morgan fingerprint density at radius 2 is 1.96 bits per heavy atom. The average Bonchev–Trinajstić information content (AvgIpc) is 2.56. The first kappa shape index (κ1) is 16.9. The summed E-state index contributed by atoms with van der Waals surface area (Å²) >= 11 is 0. The molecule has 0 fully saturated rings. The van der Waals surface area contributed by atoms with E-state index >= 15 is 0 Å². The molecule has 7 nitrogen and oxygen atoms in total. The number of carbonyl (C=O) groups is 1. The molecule has 0 saturated heterocycles. The average molecular weight is 320 g/mol. The Morgan fingerprint density at radius 1 is 1.22 bits per heavy atom. The van der Waals surface area contributed by atoms with Gasteiger partial charge in [0.05, 0.1) is 6.54 Å². The van der Waals surface area contributed by atoms with Gasteiger partial charge in [-0.25, -0.2) is 4.99 Å². The van der Waals surface area contributed by atoms with Crippen molar-refractivity contribution in [3.63, 3.8) is 0 Å². The van der Waals surface area contributed by atoms with Gasteiger partial charge in [0.1, 0.15) is 6.61 Å². The van der Waals surface area contributed by atoms with Gasteiger partial charge in [-0.1, -0.05) is 12.1 Å². The van der Waals surface area contributed by atoms with Crippen LogP contribution in [0.2, 0.25) is 0 Å². The molecule has 1 aliphatic heterocycles. The highest BCUT2D eigenvalue weighted by molar-refractivity contribution is 5.79. The Hall–Kier alpha value is -2.44. The van der Waals surface area contributed by atoms with Gasteiger partial charge in [-0.15, -0.1) is 0 Å². The number of amides is 1. The summed E-state index contributed by atoms with van der Waals surface area (Å²) in [6.07, 6.45) is -0.115. The largest absolute Gasteiger partial charge is 0.486 e. The van der Waals surface area contributed by atoms with E-state index in [-0.39, 0.29) is 12.0 Å². The summed E-state index contributed by atoms with van der Waals surface area (Å²) in [6.45, 7) is 6.39. The van der Waals surface area contributed by atoms with Gasteiger partial charge in [0.15, 0.2) is 23.6 Å². The van der Waals surface area contributed by atoms with Gasteiger partial charge in [-0.2, -0.15) is 0 Å². The van der Waals surface area contributed by atoms with E-state index in [1.165, 1.54) is 6.92 Å². The molecule has 1 heterocycles. The molecule has 1 aromatic rings. The lowest BCUT2D eigenvalue weighted by Crippen LogP contribution is -2.42. The number of hydrogen-bond donors (Lipinski definition) is 3. The molecule has 1 atom stereocenters. The molecule has 1 amide bonds. The summed E-state index contributed by atoms with van der Waals surface area (Å²) in [5, 5.41) is 9.05. The van der Waals surface area contributed by atoms with E-state index in [2.05, 4.69) is 20.9 Å². The number of guanidine groups is 1. The molecule has 0 bridgehead atoms. The lowest BCUT2D eigenvalue weighted by Gasteiger charge is -2.25. The van der Waals surface area contributed by atoms with Crippen LogP contribution in [0.25, 0.3) is 0 Å². The highest BCUT2D eigenvalue weighted by Gasteiger charge is 2.20. The lowest BCUT2D eigenvalue weighted by atomic mass is 10.2. The zero-order valence-electron chi connectivity index (χ0n) is 13.6. The van der Waals surface area contributed by atoms with E-state index in [0.717, 1.165) is 18.0 Å². The summed E-state index contributed by atoms with van der Waals surface area (Å²) in [6, 6.07) is 7.62. The van der Waals surface area contributed by atoms with Crippen LogP contribution in [0, 0.1) is 0 Å². The molecule has 2 rings (SSSR count). The second-order valence-electron chi connectivity index (χ2n) is 5.13. The molecule has 23 heavy (non-hydrogen) atoms. The molecule has 0 aromatic heterocycles. The van der Waals surface area contributed by atoms with Crippen molar-refractivity contribution in [2.45, 2.75) is 20.0 Å². The monoisotopic (exact) mass is 320 g/mol. The topological polar surface area (TPSA) is 84.0 Å². The van der Waals surface area contributed by atoms with Crippen LogP contribution >= 0.6 is 0 Å². The van der Waals surface area contributed by atoms with Crippen LogP contribution in [0.4, 0.5) is 0 Å². The fourth-order valence-electron chi connectivity index (χ4n) is 2.11. The van der Waals surface area contributed by atoms with Gasteiger partial charge in [-0.05, 0) is 19.1 Å². The minimum Gasteiger partial charge on any atom is -0.486 e. The van der Waals surface area contributed by atoms with Crippen LogP contribution in [0.3, 0.4) is 0 Å². The van der Waals surface area contributed by atoms with E-state index in [1.54, 1.807) is 0 Å². The predicted molar refractivity (Wildman–Crippen MR) is 89.0 cm³/mol. The number of carbonyl (C=O) groups excluding carboxylic acids is 1. The number of hydrogen-bond acceptors (Lipinski definition) is 4. The summed E-state index contributed by atoms with van der Waals surface area (Å²) in [7, 11) is 0. The van der Waals surface area contributed by atoms with Gasteiger partial charge < -0.3 is 25.4 Å². The number of benzene rings is 1. The number of nitrogens with zero attached hydrogens (tertiary/aromatic N) is 1. The van der Waals surface area contributed by atoms with Gasteiger partial charge in [0.2, 0.25) is 5.91 Å². The number of para-hydroxylation sites is 2. The van der Waals surface area contributed by atoms with Crippen molar-refractivity contribution in [1.29, 1.82) is 0 Å². The van der Waals surface area contributed by atoms with Gasteiger partial charge in [0, 0.05) is 26.6 Å². The van der Waals surface area contributed by atoms with E-state index in [9.17, 15) is 4.79 Å². The molecular formula is C16H24N4O3. The third-order valence-corrected chi connectivity index (χ3v) is 3.16. The van der Waals surface area contributed by atoms with Crippen molar-refractivity contribution in [1.82, 2.24) is 16.0 Å². The Bertz CT molecular complexity index is 548. The molecule has 0 radical (unpaired) electrons. The Morgan fingerprint density at radius 3 is 2.70 bits per heavy atom. The first-order chi connectivity index (χ1) is 11.2. The van der Waals surface area contributed by atoms with Crippen LogP contribution in [0.1, 0.15) is 13.8 Å². The lowest BCUT2D eigenvalue weighted by molar-refractivity contribution is -0.118. The van der Waals surface area contributed by atoms with Crippen LogP contribution in [0.15, 0.2) is 29.3 Å². The first-order valence-electron chi connectivity index (χ1n) is 7.84. The van der Waals surface area contributed by atoms with Crippen molar-refractivity contribution < 1.29 is 14.3 Å². The van der Waals surface area contributed by atoms with Crippen molar-refractivity contribution in [2.75, 3.05) is 32.8 Å². The standard InChI is InChI=1S/C16H24N4O3/c1-3-17-16(19-9-8-18-12(2)21)20-10-13-11-22-14-6-4-5-7-15(14)23-13/h4-7,13H,3,8-11H2,1-2H3,(H,18,21)(H2,17,19,20). The molecule has 1 aromatic carbocycles. The number of aliphatic imine (C=N–C) groups is 1. The molecular weight excluding hydrogens is 296 g/mol. The zero-order chi connectivity index (χ0) is 16.5. The maximum atomic E-state index is 10.8. The Kier molecular flexibility index (Phi) is 6.53. The SMILES string of the molecule is CCNC(=NCC1COc2ccccc2O1)NCCNC(C)=O. The highest BCUT2D eigenvalue weighted by atomic mass is 16.6. The van der Waals surface area contributed by atoms with Crippen LogP contribution in [-0.2, 0) is 4.79 Å². The molecule has 3 N–H and O–H groups in total.